The number of nitrogens with two attached hydrogens (primary N) is 2. The zero-order valence-corrected chi connectivity index (χ0v) is 8.64. The topological polar surface area (TPSA) is 128 Å². The first-order chi connectivity index (χ1) is 7.58. The second-order valence-electron chi connectivity index (χ2n) is 3.11. The molecule has 0 bridgehead atoms. The van der Waals surface area contributed by atoms with Crippen LogP contribution in [0.5, 0.6) is 0 Å². The van der Waals surface area contributed by atoms with Crippen molar-refractivity contribution < 1.29 is 9.59 Å². The Bertz CT molecular complexity index is 374. The van der Waals surface area contributed by atoms with Crippen LogP contribution in [-0.2, 0) is 11.3 Å². The second kappa shape index (κ2) is 5.59. The van der Waals surface area contributed by atoms with Crippen molar-refractivity contribution in [2.24, 2.45) is 5.73 Å². The predicted octanol–water partition coefficient (Wildman–Crippen LogP) is -1.75. The highest BCUT2D eigenvalue weighted by Crippen LogP contribution is 1.96. The first-order valence-electron chi connectivity index (χ1n) is 4.66. The molecule has 3 amide bonds. The Morgan fingerprint density at radius 2 is 2.06 bits per heavy atom. The van der Waals surface area contributed by atoms with Crippen molar-refractivity contribution in [3.63, 3.8) is 0 Å². The number of hydrogen-bond acceptors (Lipinski definition) is 4. The lowest BCUT2D eigenvalue weighted by molar-refractivity contribution is -0.121. The monoisotopic (exact) mass is 226 g/mol. The van der Waals surface area contributed by atoms with E-state index in [4.69, 9.17) is 11.5 Å². The van der Waals surface area contributed by atoms with E-state index in [1.54, 1.807) is 6.20 Å². The Labute approximate surface area is 92.0 Å². The lowest BCUT2D eigenvalue weighted by Gasteiger charge is -2.05. The minimum absolute atomic E-state index is 0.0910. The van der Waals surface area contributed by atoms with E-state index in [2.05, 4.69) is 15.7 Å². The van der Waals surface area contributed by atoms with E-state index in [0.29, 0.717) is 18.8 Å². The first-order valence-corrected chi connectivity index (χ1v) is 4.66. The third-order valence-corrected chi connectivity index (χ3v) is 1.71. The molecule has 0 aromatic carbocycles. The molecule has 0 aliphatic carbocycles. The SMILES string of the molecule is NC(=O)NCCNC(=O)Cn1cc(N)cn1. The largest absolute Gasteiger partial charge is 0.396 e. The average molecular weight is 226 g/mol. The standard InChI is InChI=1S/C8H14N6O2/c9-6-3-13-14(4-6)5-7(15)11-1-2-12-8(10)16/h3-4H,1-2,5,9H2,(H,11,15)(H3,10,12,16). The van der Waals surface area contributed by atoms with Crippen LogP contribution in [-0.4, -0.2) is 34.8 Å². The van der Waals surface area contributed by atoms with Gasteiger partial charge in [0.2, 0.25) is 5.91 Å². The van der Waals surface area contributed by atoms with Gasteiger partial charge in [0.15, 0.2) is 0 Å². The summed E-state index contributed by atoms with van der Waals surface area (Å²) in [6.45, 7) is 0.703. The molecule has 0 unspecified atom stereocenters. The Morgan fingerprint density at radius 1 is 1.38 bits per heavy atom. The van der Waals surface area contributed by atoms with Crippen molar-refractivity contribution in [2.45, 2.75) is 6.54 Å². The molecule has 0 atom stereocenters. The van der Waals surface area contributed by atoms with E-state index in [1.807, 2.05) is 0 Å². The molecule has 1 aromatic rings. The van der Waals surface area contributed by atoms with Crippen molar-refractivity contribution >= 4 is 17.6 Å². The summed E-state index contributed by atoms with van der Waals surface area (Å²) in [7, 11) is 0. The molecule has 0 spiro atoms. The molecule has 1 aromatic heterocycles. The van der Waals surface area contributed by atoms with Crippen molar-refractivity contribution in [3.8, 4) is 0 Å². The summed E-state index contributed by atoms with van der Waals surface area (Å²) in [5.41, 5.74) is 10.8. The number of carbonyl (C=O) groups is 2. The molecule has 1 heterocycles. The fraction of sp³-hybridized carbons (Fsp3) is 0.375. The Morgan fingerprint density at radius 3 is 2.62 bits per heavy atom. The molecule has 88 valence electrons. The number of rotatable bonds is 5. The van der Waals surface area contributed by atoms with Crippen LogP contribution < -0.4 is 22.1 Å². The summed E-state index contributed by atoms with van der Waals surface area (Å²) in [5.74, 6) is -0.214. The van der Waals surface area contributed by atoms with Crippen LogP contribution in [0.1, 0.15) is 0 Å². The van der Waals surface area contributed by atoms with E-state index < -0.39 is 6.03 Å². The maximum Gasteiger partial charge on any atom is 0.312 e. The average Bonchev–Trinajstić information content (AvgIpc) is 2.58. The number of nitrogen functional groups attached to an aromatic ring is 1. The summed E-state index contributed by atoms with van der Waals surface area (Å²) in [4.78, 5) is 21.6. The van der Waals surface area contributed by atoms with E-state index in [1.165, 1.54) is 10.9 Å². The number of carbonyl (C=O) groups excluding carboxylic acids is 2. The van der Waals surface area contributed by atoms with Gasteiger partial charge in [-0.1, -0.05) is 0 Å². The van der Waals surface area contributed by atoms with E-state index in [0.717, 1.165) is 0 Å². The number of nitrogens with zero attached hydrogens (tertiary/aromatic N) is 2. The lowest BCUT2D eigenvalue weighted by Crippen LogP contribution is -2.38. The molecular weight excluding hydrogens is 212 g/mol. The molecule has 16 heavy (non-hydrogen) atoms. The second-order valence-corrected chi connectivity index (χ2v) is 3.11. The highest BCUT2D eigenvalue weighted by atomic mass is 16.2. The van der Waals surface area contributed by atoms with Crippen molar-refractivity contribution in [3.05, 3.63) is 12.4 Å². The van der Waals surface area contributed by atoms with E-state index in [-0.39, 0.29) is 12.5 Å². The molecule has 0 aliphatic rings. The molecule has 0 aliphatic heterocycles. The molecule has 0 saturated carbocycles. The van der Waals surface area contributed by atoms with Gasteiger partial charge in [0.05, 0.1) is 11.9 Å². The van der Waals surface area contributed by atoms with Gasteiger partial charge in [-0.3, -0.25) is 9.48 Å². The minimum Gasteiger partial charge on any atom is -0.396 e. The summed E-state index contributed by atoms with van der Waals surface area (Å²) in [5, 5.41) is 8.79. The van der Waals surface area contributed by atoms with E-state index >= 15 is 0 Å². The van der Waals surface area contributed by atoms with Gasteiger partial charge in [-0.05, 0) is 0 Å². The van der Waals surface area contributed by atoms with Gasteiger partial charge in [-0.2, -0.15) is 5.10 Å². The summed E-state index contributed by atoms with van der Waals surface area (Å²) < 4.78 is 1.42. The number of aromatic nitrogens is 2. The minimum atomic E-state index is -0.617. The quantitative estimate of drug-likeness (QED) is 0.444. The summed E-state index contributed by atoms with van der Waals surface area (Å²) >= 11 is 0. The maximum absolute atomic E-state index is 11.3. The number of primary amides is 1. The third-order valence-electron chi connectivity index (χ3n) is 1.71. The first kappa shape index (κ1) is 11.8. The smallest absolute Gasteiger partial charge is 0.312 e. The van der Waals surface area contributed by atoms with E-state index in [9.17, 15) is 9.59 Å². The zero-order chi connectivity index (χ0) is 12.0. The normalized spacial score (nSPS) is 9.75. The number of nitrogens with one attached hydrogen (secondary N) is 2. The highest BCUT2D eigenvalue weighted by Gasteiger charge is 2.02. The van der Waals surface area contributed by atoms with Gasteiger partial charge in [0.1, 0.15) is 6.54 Å². The van der Waals surface area contributed by atoms with Crippen LogP contribution in [0.25, 0.3) is 0 Å². The maximum atomic E-state index is 11.3. The fourth-order valence-electron chi connectivity index (χ4n) is 1.06. The van der Waals surface area contributed by atoms with Crippen molar-refractivity contribution in [1.82, 2.24) is 20.4 Å². The van der Waals surface area contributed by atoms with Crippen LogP contribution in [0.2, 0.25) is 0 Å². The Hall–Kier alpha value is -2.25. The van der Waals surface area contributed by atoms with Crippen molar-refractivity contribution in [1.29, 1.82) is 0 Å². The van der Waals surface area contributed by atoms with Gasteiger partial charge in [0, 0.05) is 19.3 Å². The van der Waals surface area contributed by atoms with Crippen LogP contribution in [0, 0.1) is 0 Å². The lowest BCUT2D eigenvalue weighted by atomic mass is 10.5. The third kappa shape index (κ3) is 4.31. The molecule has 0 saturated heterocycles. The molecule has 0 fully saturated rings. The number of amides is 3. The van der Waals surface area contributed by atoms with Gasteiger partial charge in [-0.25, -0.2) is 4.79 Å². The van der Waals surface area contributed by atoms with Crippen LogP contribution in [0.3, 0.4) is 0 Å². The van der Waals surface area contributed by atoms with Gasteiger partial charge < -0.3 is 22.1 Å². The molecular formula is C8H14N6O2. The summed E-state index contributed by atoms with van der Waals surface area (Å²) in [6.07, 6.45) is 3.02. The summed E-state index contributed by atoms with van der Waals surface area (Å²) in [6, 6.07) is -0.617. The number of hydrogen-bond donors (Lipinski definition) is 4. The Kier molecular flexibility index (Phi) is 4.13. The Balaban J connectivity index is 2.18. The number of urea groups is 1. The molecule has 8 nitrogen and oxygen atoms in total. The molecule has 0 radical (unpaired) electrons. The van der Waals surface area contributed by atoms with Gasteiger partial charge in [-0.15, -0.1) is 0 Å². The predicted molar refractivity (Wildman–Crippen MR) is 57.2 cm³/mol. The van der Waals surface area contributed by atoms with Crippen LogP contribution in [0.15, 0.2) is 12.4 Å². The highest BCUT2D eigenvalue weighted by molar-refractivity contribution is 5.76. The van der Waals surface area contributed by atoms with Gasteiger partial charge >= 0.3 is 6.03 Å². The van der Waals surface area contributed by atoms with Crippen molar-refractivity contribution in [2.75, 3.05) is 18.8 Å². The zero-order valence-electron chi connectivity index (χ0n) is 8.64. The molecule has 6 N–H and O–H groups in total. The fourth-order valence-corrected chi connectivity index (χ4v) is 1.06. The van der Waals surface area contributed by atoms with Crippen LogP contribution in [0.4, 0.5) is 10.5 Å². The van der Waals surface area contributed by atoms with Gasteiger partial charge in [0.25, 0.3) is 0 Å². The number of anilines is 1. The molecule has 1 rings (SSSR count). The van der Waals surface area contributed by atoms with Crippen LogP contribution >= 0.6 is 0 Å². The molecule has 8 heteroatoms.